The van der Waals surface area contributed by atoms with E-state index in [2.05, 4.69) is 31.5 Å². The predicted molar refractivity (Wildman–Crippen MR) is 74.5 cm³/mol. The summed E-state index contributed by atoms with van der Waals surface area (Å²) in [5.74, 6) is 0.600. The summed E-state index contributed by atoms with van der Waals surface area (Å²) in [6, 6.07) is 3.55. The van der Waals surface area contributed by atoms with Crippen LogP contribution >= 0.6 is 15.9 Å². The fourth-order valence-electron chi connectivity index (χ4n) is 2.16. The first-order valence-electron chi connectivity index (χ1n) is 6.36. The molecule has 0 radical (unpaired) electrons. The number of aromatic nitrogens is 1. The molecule has 1 unspecified atom stereocenters. The Kier molecular flexibility index (Phi) is 5.13. The molecular weight excluding hydrogens is 294 g/mol. The largest absolute Gasteiger partial charge is 0.351 e. The number of halogens is 1. The third kappa shape index (κ3) is 4.07. The minimum atomic E-state index is -0.0914. The number of hydrogen-bond donors (Lipinski definition) is 2. The molecule has 2 heterocycles. The lowest BCUT2D eigenvalue weighted by Gasteiger charge is -2.22. The number of rotatable bonds is 4. The molecule has 0 aliphatic carbocycles. The van der Waals surface area contributed by atoms with Gasteiger partial charge in [0.25, 0.3) is 5.91 Å². The summed E-state index contributed by atoms with van der Waals surface area (Å²) < 4.78 is 0.882. The summed E-state index contributed by atoms with van der Waals surface area (Å²) in [7, 11) is 0. The molecule has 0 saturated carbocycles. The highest BCUT2D eigenvalue weighted by atomic mass is 79.9. The molecule has 1 aromatic rings. The van der Waals surface area contributed by atoms with Crippen LogP contribution in [-0.4, -0.2) is 30.5 Å². The van der Waals surface area contributed by atoms with Gasteiger partial charge in [0.1, 0.15) is 5.69 Å². The first kappa shape index (κ1) is 13.5. The number of nitrogens with one attached hydrogen (secondary N) is 2. The van der Waals surface area contributed by atoms with Crippen LogP contribution in [0.15, 0.2) is 22.8 Å². The number of carbonyl (C=O) groups excluding carboxylic acids is 1. The van der Waals surface area contributed by atoms with E-state index in [0.29, 0.717) is 11.6 Å². The zero-order valence-corrected chi connectivity index (χ0v) is 11.9. The molecule has 5 heteroatoms. The van der Waals surface area contributed by atoms with Gasteiger partial charge in [0.05, 0.1) is 0 Å². The maximum atomic E-state index is 11.8. The lowest BCUT2D eigenvalue weighted by molar-refractivity contribution is 0.0945. The van der Waals surface area contributed by atoms with Crippen LogP contribution in [0.5, 0.6) is 0 Å². The summed E-state index contributed by atoms with van der Waals surface area (Å²) >= 11 is 3.30. The van der Waals surface area contributed by atoms with E-state index in [1.54, 1.807) is 12.3 Å². The van der Waals surface area contributed by atoms with Gasteiger partial charge in [-0.25, -0.2) is 4.98 Å². The summed E-state index contributed by atoms with van der Waals surface area (Å²) in [6.07, 6.45) is 5.18. The van der Waals surface area contributed by atoms with Gasteiger partial charge in [0, 0.05) is 17.2 Å². The molecule has 2 rings (SSSR count). The topological polar surface area (TPSA) is 54.0 Å². The number of piperidine rings is 1. The van der Waals surface area contributed by atoms with Crippen LogP contribution in [0.3, 0.4) is 0 Å². The van der Waals surface area contributed by atoms with Gasteiger partial charge in [-0.3, -0.25) is 4.79 Å². The Bertz CT molecular complexity index is 388. The zero-order valence-electron chi connectivity index (χ0n) is 10.3. The molecule has 1 aliphatic rings. The molecule has 0 bridgehead atoms. The highest BCUT2D eigenvalue weighted by Gasteiger charge is 2.13. The van der Waals surface area contributed by atoms with Crippen LogP contribution in [0, 0.1) is 5.92 Å². The van der Waals surface area contributed by atoms with Crippen molar-refractivity contribution in [3.05, 3.63) is 28.5 Å². The van der Waals surface area contributed by atoms with Gasteiger partial charge in [-0.15, -0.1) is 0 Å². The Balaban J connectivity index is 1.72. The Labute approximate surface area is 116 Å². The van der Waals surface area contributed by atoms with Crippen LogP contribution < -0.4 is 10.6 Å². The standard InChI is InChI=1S/C13H18BrN3O/c14-11-3-4-12(17-9-11)13(18)16-7-5-10-2-1-6-15-8-10/h3-4,9-10,15H,1-2,5-8H2,(H,16,18). The minimum Gasteiger partial charge on any atom is -0.351 e. The van der Waals surface area contributed by atoms with Crippen molar-refractivity contribution in [1.29, 1.82) is 0 Å². The van der Waals surface area contributed by atoms with Gasteiger partial charge in [-0.05, 0) is 66.3 Å². The van der Waals surface area contributed by atoms with Crippen LogP contribution in [-0.2, 0) is 0 Å². The Morgan fingerprint density at radius 1 is 1.56 bits per heavy atom. The smallest absolute Gasteiger partial charge is 0.269 e. The number of hydrogen-bond acceptors (Lipinski definition) is 3. The van der Waals surface area contributed by atoms with Gasteiger partial charge in [-0.1, -0.05) is 0 Å². The quantitative estimate of drug-likeness (QED) is 0.894. The normalized spacial score (nSPS) is 19.5. The van der Waals surface area contributed by atoms with E-state index in [1.165, 1.54) is 12.8 Å². The van der Waals surface area contributed by atoms with Gasteiger partial charge < -0.3 is 10.6 Å². The third-order valence-electron chi connectivity index (χ3n) is 3.20. The molecule has 1 aromatic heterocycles. The van der Waals surface area contributed by atoms with Gasteiger partial charge in [-0.2, -0.15) is 0 Å². The van der Waals surface area contributed by atoms with Crippen molar-refractivity contribution in [1.82, 2.24) is 15.6 Å². The summed E-state index contributed by atoms with van der Waals surface area (Å²) in [5.41, 5.74) is 0.472. The van der Waals surface area contributed by atoms with Crippen LogP contribution in [0.1, 0.15) is 29.8 Å². The molecule has 0 aromatic carbocycles. The zero-order chi connectivity index (χ0) is 12.8. The minimum absolute atomic E-state index is 0.0914. The number of nitrogens with zero attached hydrogens (tertiary/aromatic N) is 1. The van der Waals surface area contributed by atoms with E-state index in [9.17, 15) is 4.79 Å². The summed E-state index contributed by atoms with van der Waals surface area (Å²) in [6.45, 7) is 2.93. The fraction of sp³-hybridized carbons (Fsp3) is 0.538. The maximum absolute atomic E-state index is 11.8. The Morgan fingerprint density at radius 2 is 2.44 bits per heavy atom. The number of amides is 1. The van der Waals surface area contributed by atoms with Gasteiger partial charge >= 0.3 is 0 Å². The highest BCUT2D eigenvalue weighted by molar-refractivity contribution is 9.10. The van der Waals surface area contributed by atoms with Crippen LogP contribution in [0.4, 0.5) is 0 Å². The highest BCUT2D eigenvalue weighted by Crippen LogP contribution is 2.13. The van der Waals surface area contributed by atoms with E-state index in [1.807, 2.05) is 6.07 Å². The Morgan fingerprint density at radius 3 is 3.11 bits per heavy atom. The lowest BCUT2D eigenvalue weighted by atomic mass is 9.96. The maximum Gasteiger partial charge on any atom is 0.269 e. The molecule has 4 nitrogen and oxygen atoms in total. The van der Waals surface area contributed by atoms with E-state index >= 15 is 0 Å². The molecule has 18 heavy (non-hydrogen) atoms. The SMILES string of the molecule is O=C(NCCC1CCCNC1)c1ccc(Br)cn1. The molecule has 1 saturated heterocycles. The van der Waals surface area contributed by atoms with Crippen molar-refractivity contribution in [3.63, 3.8) is 0 Å². The predicted octanol–water partition coefficient (Wildman–Crippen LogP) is 1.96. The summed E-state index contributed by atoms with van der Waals surface area (Å²) in [4.78, 5) is 15.9. The van der Waals surface area contributed by atoms with Crippen LogP contribution in [0.2, 0.25) is 0 Å². The second-order valence-corrected chi connectivity index (χ2v) is 5.53. The van der Waals surface area contributed by atoms with E-state index in [4.69, 9.17) is 0 Å². The van der Waals surface area contributed by atoms with Gasteiger partial charge in [0.15, 0.2) is 0 Å². The number of carbonyl (C=O) groups is 1. The molecular formula is C13H18BrN3O. The molecule has 98 valence electrons. The lowest BCUT2D eigenvalue weighted by Crippen LogP contribution is -2.33. The number of pyridine rings is 1. The first-order valence-corrected chi connectivity index (χ1v) is 7.15. The van der Waals surface area contributed by atoms with Gasteiger partial charge in [0.2, 0.25) is 0 Å². The molecule has 2 N–H and O–H groups in total. The van der Waals surface area contributed by atoms with Crippen LogP contribution in [0.25, 0.3) is 0 Å². The van der Waals surface area contributed by atoms with E-state index in [0.717, 1.165) is 30.5 Å². The second-order valence-electron chi connectivity index (χ2n) is 4.62. The molecule has 1 atom stereocenters. The van der Waals surface area contributed by atoms with Crippen molar-refractivity contribution in [2.45, 2.75) is 19.3 Å². The second kappa shape index (κ2) is 6.85. The third-order valence-corrected chi connectivity index (χ3v) is 3.67. The molecule has 1 aliphatic heterocycles. The average Bonchev–Trinajstić information content (AvgIpc) is 2.40. The fourth-order valence-corrected chi connectivity index (χ4v) is 2.40. The van der Waals surface area contributed by atoms with Crippen molar-refractivity contribution in [3.8, 4) is 0 Å². The van der Waals surface area contributed by atoms with Crippen molar-refractivity contribution < 1.29 is 4.79 Å². The molecule has 0 spiro atoms. The monoisotopic (exact) mass is 311 g/mol. The summed E-state index contributed by atoms with van der Waals surface area (Å²) in [5, 5.41) is 6.30. The average molecular weight is 312 g/mol. The first-order chi connectivity index (χ1) is 8.75. The van der Waals surface area contributed by atoms with Crippen molar-refractivity contribution >= 4 is 21.8 Å². The van der Waals surface area contributed by atoms with Crippen molar-refractivity contribution in [2.75, 3.05) is 19.6 Å². The Hall–Kier alpha value is -0.940. The van der Waals surface area contributed by atoms with Crippen molar-refractivity contribution in [2.24, 2.45) is 5.92 Å². The molecule has 1 amide bonds. The van der Waals surface area contributed by atoms with E-state index < -0.39 is 0 Å². The van der Waals surface area contributed by atoms with E-state index in [-0.39, 0.29) is 5.91 Å². The molecule has 1 fully saturated rings.